The van der Waals surface area contributed by atoms with Crippen LogP contribution >= 0.6 is 11.6 Å². The summed E-state index contributed by atoms with van der Waals surface area (Å²) in [6.45, 7) is 3.36. The summed E-state index contributed by atoms with van der Waals surface area (Å²) in [5.74, 6) is -0.280. The number of aryl methyl sites for hydroxylation is 2. The van der Waals surface area contributed by atoms with Crippen molar-refractivity contribution >= 4 is 11.6 Å². The van der Waals surface area contributed by atoms with E-state index in [1.54, 1.807) is 32.2 Å². The van der Waals surface area contributed by atoms with Gasteiger partial charge in [0.1, 0.15) is 17.3 Å². The predicted octanol–water partition coefficient (Wildman–Crippen LogP) is 3.13. The largest absolute Gasteiger partial charge is 0.454 e. The fourth-order valence-electron chi connectivity index (χ4n) is 2.42. The van der Waals surface area contributed by atoms with Gasteiger partial charge in [0.2, 0.25) is 0 Å². The number of ether oxygens (including phenoxy) is 1. The van der Waals surface area contributed by atoms with Crippen molar-refractivity contribution in [2.45, 2.75) is 13.8 Å². The molecular formula is C18H15ClFN3O3. The molecular weight excluding hydrogens is 361 g/mol. The molecule has 26 heavy (non-hydrogen) atoms. The number of rotatable bonds is 3. The highest BCUT2D eigenvalue weighted by Gasteiger charge is 2.17. The number of hydrogen-bond donors (Lipinski definition) is 0. The van der Waals surface area contributed by atoms with E-state index in [0.717, 1.165) is 10.6 Å². The third-order valence-corrected chi connectivity index (χ3v) is 4.28. The van der Waals surface area contributed by atoms with Crippen LogP contribution in [0, 0.1) is 19.7 Å². The Morgan fingerprint density at radius 2 is 1.88 bits per heavy atom. The third kappa shape index (κ3) is 3.13. The Bertz CT molecular complexity index is 1120. The summed E-state index contributed by atoms with van der Waals surface area (Å²) in [6.07, 6.45) is 1.61. The molecule has 0 N–H and O–H groups in total. The van der Waals surface area contributed by atoms with Crippen LogP contribution < -0.4 is 16.0 Å². The minimum absolute atomic E-state index is 0.00601. The van der Waals surface area contributed by atoms with Crippen molar-refractivity contribution in [3.8, 4) is 17.2 Å². The molecule has 0 aliphatic carbocycles. The summed E-state index contributed by atoms with van der Waals surface area (Å²) in [6, 6.07) is 6.84. The first kappa shape index (κ1) is 17.9. The molecule has 0 unspecified atom stereocenters. The quantitative estimate of drug-likeness (QED) is 0.705. The van der Waals surface area contributed by atoms with E-state index in [1.807, 2.05) is 0 Å². The second-order valence-electron chi connectivity index (χ2n) is 5.72. The fraction of sp³-hybridized carbons (Fsp3) is 0.167. The highest BCUT2D eigenvalue weighted by molar-refractivity contribution is 6.32. The summed E-state index contributed by atoms with van der Waals surface area (Å²) in [5, 5.41) is 0.00601. The van der Waals surface area contributed by atoms with E-state index in [0.29, 0.717) is 17.1 Å². The standard InChI is InChI=1S/C18H15ClFN3O3/c1-10-7-17(24)23(18(25)22(10)3)14-9-16(12(19)8-13(14)20)26-15-5-4-6-21-11(15)2/h4-9H,1-3H3. The Balaban J connectivity index is 2.20. The van der Waals surface area contributed by atoms with E-state index in [9.17, 15) is 14.0 Å². The Morgan fingerprint density at radius 3 is 2.58 bits per heavy atom. The number of hydrogen-bond acceptors (Lipinski definition) is 4. The topological polar surface area (TPSA) is 66.1 Å². The van der Waals surface area contributed by atoms with Gasteiger partial charge in [0.05, 0.1) is 16.4 Å². The van der Waals surface area contributed by atoms with Crippen molar-refractivity contribution in [3.63, 3.8) is 0 Å². The van der Waals surface area contributed by atoms with Crippen molar-refractivity contribution in [3.05, 3.63) is 79.6 Å². The van der Waals surface area contributed by atoms with Crippen molar-refractivity contribution < 1.29 is 9.13 Å². The monoisotopic (exact) mass is 375 g/mol. The zero-order chi connectivity index (χ0) is 19.0. The number of halogens is 2. The molecule has 0 amide bonds. The van der Waals surface area contributed by atoms with E-state index in [4.69, 9.17) is 16.3 Å². The van der Waals surface area contributed by atoms with Gasteiger partial charge in [-0.15, -0.1) is 0 Å². The van der Waals surface area contributed by atoms with Crippen LogP contribution in [0.4, 0.5) is 4.39 Å². The maximum absolute atomic E-state index is 14.5. The van der Waals surface area contributed by atoms with Gasteiger partial charge < -0.3 is 9.30 Å². The second-order valence-corrected chi connectivity index (χ2v) is 6.13. The molecule has 0 atom stereocenters. The average molecular weight is 376 g/mol. The van der Waals surface area contributed by atoms with Crippen LogP contribution in [-0.2, 0) is 7.05 Å². The molecule has 0 saturated heterocycles. The highest BCUT2D eigenvalue weighted by Crippen LogP contribution is 2.33. The Hall–Kier alpha value is -2.93. The smallest absolute Gasteiger partial charge is 0.335 e. The molecule has 2 aromatic heterocycles. The molecule has 6 nitrogen and oxygen atoms in total. The average Bonchev–Trinajstić information content (AvgIpc) is 2.58. The van der Waals surface area contributed by atoms with Crippen LogP contribution in [0.15, 0.2) is 46.1 Å². The summed E-state index contributed by atoms with van der Waals surface area (Å²) in [7, 11) is 1.50. The van der Waals surface area contributed by atoms with Crippen LogP contribution in [0.2, 0.25) is 5.02 Å². The van der Waals surface area contributed by atoms with E-state index in [-0.39, 0.29) is 16.5 Å². The molecule has 0 fully saturated rings. The number of aromatic nitrogens is 3. The van der Waals surface area contributed by atoms with Crippen LogP contribution in [0.1, 0.15) is 11.4 Å². The molecule has 0 aliphatic heterocycles. The van der Waals surface area contributed by atoms with E-state index in [2.05, 4.69) is 4.98 Å². The molecule has 8 heteroatoms. The number of benzene rings is 1. The highest BCUT2D eigenvalue weighted by atomic mass is 35.5. The van der Waals surface area contributed by atoms with Gasteiger partial charge in [0, 0.05) is 31.1 Å². The van der Waals surface area contributed by atoms with Gasteiger partial charge in [-0.2, -0.15) is 0 Å². The van der Waals surface area contributed by atoms with Gasteiger partial charge in [-0.1, -0.05) is 11.6 Å². The van der Waals surface area contributed by atoms with Crippen molar-refractivity contribution in [2.75, 3.05) is 0 Å². The van der Waals surface area contributed by atoms with Gasteiger partial charge in [0.25, 0.3) is 5.56 Å². The summed E-state index contributed by atoms with van der Waals surface area (Å²) >= 11 is 6.07. The van der Waals surface area contributed by atoms with Crippen molar-refractivity contribution in [2.24, 2.45) is 7.05 Å². The van der Waals surface area contributed by atoms with Crippen LogP contribution in [0.5, 0.6) is 11.5 Å². The first-order valence-corrected chi connectivity index (χ1v) is 8.06. The normalized spacial score (nSPS) is 10.8. The minimum atomic E-state index is -0.812. The third-order valence-electron chi connectivity index (χ3n) is 3.98. The Kier molecular flexibility index (Phi) is 4.65. The first-order valence-electron chi connectivity index (χ1n) is 7.68. The predicted molar refractivity (Wildman–Crippen MR) is 96.0 cm³/mol. The van der Waals surface area contributed by atoms with Gasteiger partial charge in [-0.05, 0) is 32.0 Å². The Labute approximate surface area is 153 Å². The molecule has 134 valence electrons. The lowest BCUT2D eigenvalue weighted by atomic mass is 10.2. The van der Waals surface area contributed by atoms with E-state index >= 15 is 0 Å². The molecule has 0 spiro atoms. The molecule has 0 bridgehead atoms. The van der Waals surface area contributed by atoms with Gasteiger partial charge >= 0.3 is 5.69 Å². The van der Waals surface area contributed by atoms with Crippen LogP contribution in [0.3, 0.4) is 0 Å². The molecule has 0 radical (unpaired) electrons. The molecule has 2 heterocycles. The molecule has 3 aromatic rings. The van der Waals surface area contributed by atoms with Gasteiger partial charge in [-0.25, -0.2) is 13.8 Å². The number of nitrogens with zero attached hydrogens (tertiary/aromatic N) is 3. The first-order chi connectivity index (χ1) is 12.3. The van der Waals surface area contributed by atoms with Crippen LogP contribution in [-0.4, -0.2) is 14.1 Å². The summed E-state index contributed by atoms with van der Waals surface area (Å²) in [4.78, 5) is 28.8. The summed E-state index contributed by atoms with van der Waals surface area (Å²) < 4.78 is 22.2. The Morgan fingerprint density at radius 1 is 1.15 bits per heavy atom. The molecule has 0 saturated carbocycles. The van der Waals surface area contributed by atoms with Crippen LogP contribution in [0.25, 0.3) is 5.69 Å². The lowest BCUT2D eigenvalue weighted by molar-refractivity contribution is 0.473. The van der Waals surface area contributed by atoms with Gasteiger partial charge in [-0.3, -0.25) is 9.78 Å². The summed E-state index contributed by atoms with van der Waals surface area (Å²) in [5.41, 5.74) is -0.474. The van der Waals surface area contributed by atoms with Crippen molar-refractivity contribution in [1.29, 1.82) is 0 Å². The SMILES string of the molecule is Cc1ncccc1Oc1cc(-n2c(=O)cc(C)n(C)c2=O)c(F)cc1Cl. The van der Waals surface area contributed by atoms with Crippen molar-refractivity contribution in [1.82, 2.24) is 14.1 Å². The lowest BCUT2D eigenvalue weighted by Gasteiger charge is -2.14. The van der Waals surface area contributed by atoms with E-state index < -0.39 is 17.1 Å². The van der Waals surface area contributed by atoms with Gasteiger partial charge in [0.15, 0.2) is 0 Å². The fourth-order valence-corrected chi connectivity index (χ4v) is 2.61. The number of pyridine rings is 1. The minimum Gasteiger partial charge on any atom is -0.454 e. The van der Waals surface area contributed by atoms with E-state index in [1.165, 1.54) is 23.7 Å². The maximum Gasteiger partial charge on any atom is 0.335 e. The molecule has 3 rings (SSSR count). The second kappa shape index (κ2) is 6.76. The molecule has 1 aromatic carbocycles. The zero-order valence-corrected chi connectivity index (χ0v) is 15.0. The maximum atomic E-state index is 14.5. The molecule has 0 aliphatic rings. The zero-order valence-electron chi connectivity index (χ0n) is 14.3. The lowest BCUT2D eigenvalue weighted by Crippen LogP contribution is -2.38.